The Balaban J connectivity index is 2.89. The van der Waals surface area contributed by atoms with Gasteiger partial charge < -0.3 is 0 Å². The summed E-state index contributed by atoms with van der Waals surface area (Å²) in [6, 6.07) is 2.00. The van der Waals surface area contributed by atoms with E-state index in [1.807, 2.05) is 6.07 Å². The zero-order chi connectivity index (χ0) is 28.7. The SMILES string of the molecule is CCC[CH2][Sn]([CH2]CCC)([CH2]CCC)[c]1c(Br)sc2ccnc(N(C(=O)OC(C)(C)C)C(=O)OC(C)(C)C)c12. The van der Waals surface area contributed by atoms with Crippen molar-refractivity contribution in [2.45, 2.75) is 125 Å². The van der Waals surface area contributed by atoms with E-state index in [2.05, 4.69) is 41.7 Å². The van der Waals surface area contributed by atoms with Crippen LogP contribution in [0.15, 0.2) is 16.0 Å². The van der Waals surface area contributed by atoms with E-state index in [-0.39, 0.29) is 0 Å². The van der Waals surface area contributed by atoms with Crippen molar-refractivity contribution in [2.24, 2.45) is 0 Å². The van der Waals surface area contributed by atoms with Crippen LogP contribution in [-0.4, -0.2) is 46.7 Å². The minimum atomic E-state index is -3.04. The van der Waals surface area contributed by atoms with Gasteiger partial charge in [-0.05, 0) is 0 Å². The number of anilines is 1. The summed E-state index contributed by atoms with van der Waals surface area (Å²) >= 11 is 2.62. The van der Waals surface area contributed by atoms with Crippen LogP contribution in [0, 0.1) is 0 Å². The molecule has 2 aromatic heterocycles. The zero-order valence-corrected chi connectivity index (χ0v) is 30.1. The topological polar surface area (TPSA) is 68.7 Å². The van der Waals surface area contributed by atoms with Crippen LogP contribution in [0.2, 0.25) is 13.3 Å². The maximum absolute atomic E-state index is 13.6. The Hall–Kier alpha value is -0.871. The molecule has 0 bridgehead atoms. The predicted molar refractivity (Wildman–Crippen MR) is 167 cm³/mol. The van der Waals surface area contributed by atoms with Gasteiger partial charge in [0.1, 0.15) is 0 Å². The molecule has 0 aromatic carbocycles. The second-order valence-electron chi connectivity index (χ2n) is 12.1. The first-order valence-electron chi connectivity index (χ1n) is 14.0. The van der Waals surface area contributed by atoms with Crippen LogP contribution in [0.3, 0.4) is 0 Å². The van der Waals surface area contributed by atoms with Gasteiger partial charge in [0, 0.05) is 0 Å². The Bertz CT molecular complexity index is 1040. The summed E-state index contributed by atoms with van der Waals surface area (Å²) in [4.78, 5) is 32.9. The second-order valence-corrected chi connectivity index (χ2v) is 27.5. The van der Waals surface area contributed by atoms with Gasteiger partial charge in [-0.3, -0.25) is 0 Å². The van der Waals surface area contributed by atoms with Gasteiger partial charge in [0.25, 0.3) is 0 Å². The van der Waals surface area contributed by atoms with E-state index >= 15 is 0 Å². The Morgan fingerprint density at radius 1 is 0.895 bits per heavy atom. The van der Waals surface area contributed by atoms with Crippen LogP contribution >= 0.6 is 27.3 Å². The molecule has 0 aliphatic carbocycles. The molecule has 0 aliphatic rings. The summed E-state index contributed by atoms with van der Waals surface area (Å²) < 4.78 is 18.7. The zero-order valence-electron chi connectivity index (χ0n) is 24.8. The molecule has 0 N–H and O–H groups in total. The van der Waals surface area contributed by atoms with Gasteiger partial charge in [-0.25, -0.2) is 0 Å². The Labute approximate surface area is 246 Å². The van der Waals surface area contributed by atoms with E-state index in [4.69, 9.17) is 9.47 Å². The normalized spacial score (nSPS) is 12.6. The van der Waals surface area contributed by atoms with E-state index in [1.54, 1.807) is 59.1 Å². The van der Waals surface area contributed by atoms with Gasteiger partial charge in [-0.2, -0.15) is 0 Å². The molecule has 0 atom stereocenters. The summed E-state index contributed by atoms with van der Waals surface area (Å²) in [5, 5.41) is 0.931. The maximum atomic E-state index is 13.6. The van der Waals surface area contributed by atoms with Gasteiger partial charge in [-0.15, -0.1) is 0 Å². The quantitative estimate of drug-likeness (QED) is 0.217. The number of aromatic nitrogens is 1. The molecule has 2 aromatic rings. The summed E-state index contributed by atoms with van der Waals surface area (Å²) in [7, 11) is 0. The van der Waals surface area contributed by atoms with Crippen molar-refractivity contribution in [3.63, 3.8) is 0 Å². The van der Waals surface area contributed by atoms with Gasteiger partial charge >= 0.3 is 248 Å². The third kappa shape index (κ3) is 8.82. The number of amides is 2. The van der Waals surface area contributed by atoms with Crippen LogP contribution in [0.1, 0.15) is 101 Å². The molecule has 2 heterocycles. The molecular formula is C29H47BrN2O4SSn. The molecule has 0 radical (unpaired) electrons. The fraction of sp³-hybridized carbons (Fsp3) is 0.690. The van der Waals surface area contributed by atoms with Crippen molar-refractivity contribution in [1.82, 2.24) is 4.98 Å². The number of thiophene rings is 1. The molecule has 0 aliphatic heterocycles. The molecule has 2 rings (SSSR count). The van der Waals surface area contributed by atoms with Gasteiger partial charge in [0.15, 0.2) is 0 Å². The van der Waals surface area contributed by atoms with E-state index in [1.165, 1.54) is 36.2 Å². The summed E-state index contributed by atoms with van der Waals surface area (Å²) in [6.45, 7) is 17.5. The van der Waals surface area contributed by atoms with Gasteiger partial charge in [0.05, 0.1) is 0 Å². The van der Waals surface area contributed by atoms with E-state index in [9.17, 15) is 9.59 Å². The third-order valence-corrected chi connectivity index (χ3v) is 25.5. The predicted octanol–water partition coefficient (Wildman–Crippen LogP) is 9.79. The van der Waals surface area contributed by atoms with Crippen LogP contribution in [-0.2, 0) is 9.47 Å². The molecular weight excluding hydrogens is 671 g/mol. The number of ether oxygens (including phenoxy) is 2. The number of rotatable bonds is 11. The van der Waals surface area contributed by atoms with Crippen molar-refractivity contribution in [1.29, 1.82) is 0 Å². The van der Waals surface area contributed by atoms with Crippen molar-refractivity contribution in [3.05, 3.63) is 16.0 Å². The molecule has 0 spiro atoms. The molecule has 0 saturated carbocycles. The number of hydrogen-bond donors (Lipinski definition) is 0. The molecule has 38 heavy (non-hydrogen) atoms. The average Bonchev–Trinajstić information content (AvgIpc) is 3.14. The fourth-order valence-electron chi connectivity index (χ4n) is 4.80. The van der Waals surface area contributed by atoms with Crippen molar-refractivity contribution >= 4 is 77.3 Å². The molecule has 9 heteroatoms. The number of imide groups is 1. The fourth-order valence-corrected chi connectivity index (χ4v) is 27.8. The minimum absolute atomic E-state index is 0.327. The summed E-state index contributed by atoms with van der Waals surface area (Å²) in [6.07, 6.45) is 7.21. The van der Waals surface area contributed by atoms with Crippen LogP contribution < -0.4 is 8.48 Å². The Morgan fingerprint density at radius 3 is 1.74 bits per heavy atom. The van der Waals surface area contributed by atoms with Crippen molar-refractivity contribution in [3.8, 4) is 0 Å². The van der Waals surface area contributed by atoms with Gasteiger partial charge in [0.2, 0.25) is 0 Å². The molecule has 6 nitrogen and oxygen atoms in total. The van der Waals surface area contributed by atoms with Crippen LogP contribution in [0.4, 0.5) is 15.4 Å². The number of hydrogen-bond acceptors (Lipinski definition) is 6. The number of carbonyl (C=O) groups is 2. The van der Waals surface area contributed by atoms with Gasteiger partial charge in [-0.1, -0.05) is 0 Å². The monoisotopic (exact) mass is 718 g/mol. The number of halogens is 1. The molecule has 0 unspecified atom stereocenters. The number of pyridine rings is 1. The van der Waals surface area contributed by atoms with Crippen LogP contribution in [0.5, 0.6) is 0 Å². The first-order chi connectivity index (χ1) is 17.7. The number of nitrogens with zero attached hydrogens (tertiary/aromatic N) is 2. The number of carbonyl (C=O) groups excluding carboxylic acids is 2. The van der Waals surface area contributed by atoms with Crippen molar-refractivity contribution < 1.29 is 19.1 Å². The Morgan fingerprint density at radius 2 is 1.34 bits per heavy atom. The summed E-state index contributed by atoms with van der Waals surface area (Å²) in [5.41, 5.74) is -1.56. The molecule has 0 saturated heterocycles. The molecule has 214 valence electrons. The van der Waals surface area contributed by atoms with E-state index < -0.39 is 41.8 Å². The average molecular weight is 718 g/mol. The molecule has 0 fully saturated rings. The van der Waals surface area contributed by atoms with Crippen LogP contribution in [0.25, 0.3) is 10.1 Å². The van der Waals surface area contributed by atoms with E-state index in [0.29, 0.717) is 5.82 Å². The first-order valence-corrected chi connectivity index (χ1v) is 23.1. The summed E-state index contributed by atoms with van der Waals surface area (Å²) in [5.74, 6) is 0.327. The second kappa shape index (κ2) is 14.2. The third-order valence-electron chi connectivity index (χ3n) is 6.46. The number of unbranched alkanes of at least 4 members (excludes halogenated alkanes) is 3. The van der Waals surface area contributed by atoms with E-state index in [0.717, 1.165) is 38.0 Å². The first kappa shape index (κ1) is 33.3. The Kier molecular flexibility index (Phi) is 12.4. The number of fused-ring (bicyclic) bond motifs is 1. The van der Waals surface area contributed by atoms with Crippen molar-refractivity contribution in [2.75, 3.05) is 4.90 Å². The standard InChI is InChI=1S/C17H20BrN2O4S.3C4H9.Sn/c1-16(2,3)23-14(21)20(15(22)24-17(4,5)6)13-10-9-12(18)25-11(10)7-8-19-13;3*1-3-4-2;/h7-8H,1-6H3;3*1,3-4H2,2H3;. The molecule has 2 amide bonds.